The molecule has 0 aromatic rings. The summed E-state index contributed by atoms with van der Waals surface area (Å²) in [6.07, 6.45) is 4.76. The topological polar surface area (TPSA) is 58.6 Å². The van der Waals surface area contributed by atoms with E-state index in [2.05, 4.69) is 5.32 Å². The number of nitrogens with zero attached hydrogens (tertiary/aromatic N) is 1. The lowest BCUT2D eigenvalue weighted by Crippen LogP contribution is -2.45. The van der Waals surface area contributed by atoms with E-state index in [0.717, 1.165) is 12.0 Å². The minimum Gasteiger partial charge on any atom is -0.375 e. The van der Waals surface area contributed by atoms with Gasteiger partial charge in [-0.25, -0.2) is 0 Å². The summed E-state index contributed by atoms with van der Waals surface area (Å²) in [7, 11) is 0. The molecule has 1 atom stereocenters. The van der Waals surface area contributed by atoms with Gasteiger partial charge in [-0.3, -0.25) is 9.59 Å². The summed E-state index contributed by atoms with van der Waals surface area (Å²) in [5.41, 5.74) is 1.50. The molecule has 2 amide bonds. The zero-order valence-electron chi connectivity index (χ0n) is 11.8. The molecular weight excluding hydrogens is 244 g/mol. The summed E-state index contributed by atoms with van der Waals surface area (Å²) in [4.78, 5) is 24.5. The highest BCUT2D eigenvalue weighted by Crippen LogP contribution is 2.13. The van der Waals surface area contributed by atoms with Gasteiger partial charge in [0.15, 0.2) is 0 Å². The van der Waals surface area contributed by atoms with Crippen LogP contribution in [0, 0.1) is 0 Å². The van der Waals surface area contributed by atoms with Crippen molar-refractivity contribution in [3.8, 4) is 0 Å². The summed E-state index contributed by atoms with van der Waals surface area (Å²) in [6.45, 7) is 7.62. The molecule has 1 aliphatic heterocycles. The smallest absolute Gasteiger partial charge is 0.255 e. The quantitative estimate of drug-likeness (QED) is 0.462. The summed E-state index contributed by atoms with van der Waals surface area (Å²) in [5.74, 6) is -0.0719. The van der Waals surface area contributed by atoms with Crippen LogP contribution < -0.4 is 5.32 Å². The Morgan fingerprint density at radius 1 is 1.47 bits per heavy atom. The molecule has 5 heteroatoms. The molecule has 0 saturated carbocycles. The molecule has 1 rings (SSSR count). The van der Waals surface area contributed by atoms with E-state index < -0.39 is 0 Å². The van der Waals surface area contributed by atoms with Crippen LogP contribution in [0.15, 0.2) is 23.4 Å². The second kappa shape index (κ2) is 7.74. The Hall–Kier alpha value is -1.62. The predicted molar refractivity (Wildman–Crippen MR) is 73.3 cm³/mol. The van der Waals surface area contributed by atoms with Gasteiger partial charge in [0.25, 0.3) is 5.91 Å². The fourth-order valence-electron chi connectivity index (χ4n) is 1.93. The van der Waals surface area contributed by atoms with Gasteiger partial charge in [0.2, 0.25) is 6.41 Å². The summed E-state index contributed by atoms with van der Waals surface area (Å²) in [5, 5.41) is 2.43. The van der Waals surface area contributed by atoms with E-state index in [1.165, 1.54) is 6.20 Å². The minimum absolute atomic E-state index is 0.0719. The Kier molecular flexibility index (Phi) is 6.29. The number of hydrogen-bond donors (Lipinski definition) is 1. The number of carbonyl (C=O) groups is 2. The molecule has 0 radical (unpaired) electrons. The van der Waals surface area contributed by atoms with Gasteiger partial charge in [0, 0.05) is 19.3 Å². The number of amides is 2. The third-order valence-electron chi connectivity index (χ3n) is 2.88. The molecule has 1 aliphatic rings. The maximum Gasteiger partial charge on any atom is 0.255 e. The van der Waals surface area contributed by atoms with Gasteiger partial charge >= 0.3 is 0 Å². The Bertz CT molecular complexity index is 384. The van der Waals surface area contributed by atoms with Crippen LogP contribution in [0.5, 0.6) is 0 Å². The van der Waals surface area contributed by atoms with Crippen molar-refractivity contribution in [1.29, 1.82) is 0 Å². The Morgan fingerprint density at radius 2 is 2.21 bits per heavy atom. The van der Waals surface area contributed by atoms with Crippen LogP contribution in [0.1, 0.15) is 27.2 Å². The first kappa shape index (κ1) is 15.4. The first-order valence-corrected chi connectivity index (χ1v) is 6.54. The molecule has 0 aromatic carbocycles. The van der Waals surface area contributed by atoms with Crippen LogP contribution in [-0.2, 0) is 14.3 Å². The fraction of sp³-hybridized carbons (Fsp3) is 0.571. The van der Waals surface area contributed by atoms with Gasteiger partial charge in [-0.1, -0.05) is 12.5 Å². The van der Waals surface area contributed by atoms with Gasteiger partial charge in [-0.2, -0.15) is 0 Å². The number of morpholine rings is 1. The summed E-state index contributed by atoms with van der Waals surface area (Å²) in [6, 6.07) is 0. The first-order chi connectivity index (χ1) is 9.08. The van der Waals surface area contributed by atoms with Gasteiger partial charge in [-0.05, 0) is 26.3 Å². The van der Waals surface area contributed by atoms with Gasteiger partial charge in [0.05, 0.1) is 18.3 Å². The molecule has 0 aliphatic carbocycles. The summed E-state index contributed by atoms with van der Waals surface area (Å²) >= 11 is 0. The SMILES string of the molecule is CCC1CN(C(=O)/C(C=C(C)C)=C/NC=O)CCO1. The molecule has 0 aromatic heterocycles. The maximum absolute atomic E-state index is 12.4. The molecule has 0 spiro atoms. The lowest BCUT2D eigenvalue weighted by molar-refractivity contribution is -0.134. The number of allylic oxidation sites excluding steroid dienone is 1. The number of rotatable bonds is 5. The second-order valence-electron chi connectivity index (χ2n) is 4.76. The molecule has 1 heterocycles. The molecule has 19 heavy (non-hydrogen) atoms. The average molecular weight is 266 g/mol. The van der Waals surface area contributed by atoms with Crippen LogP contribution in [0.2, 0.25) is 0 Å². The van der Waals surface area contributed by atoms with E-state index in [1.54, 1.807) is 11.0 Å². The number of ether oxygens (including phenoxy) is 1. The van der Waals surface area contributed by atoms with Crippen LogP contribution in [0.25, 0.3) is 0 Å². The normalized spacial score (nSPS) is 19.8. The van der Waals surface area contributed by atoms with E-state index in [-0.39, 0.29) is 12.0 Å². The van der Waals surface area contributed by atoms with Crippen molar-refractivity contribution in [2.45, 2.75) is 33.3 Å². The standard InChI is InChI=1S/C14H22N2O3/c1-4-13-9-16(5-6-19-13)14(18)12(7-11(2)3)8-15-10-17/h7-8,10,13H,4-6,9H2,1-3H3,(H,15,17)/b12-8+. The average Bonchev–Trinajstić information content (AvgIpc) is 2.42. The van der Waals surface area contributed by atoms with E-state index in [0.29, 0.717) is 31.7 Å². The monoisotopic (exact) mass is 266 g/mol. The second-order valence-corrected chi connectivity index (χ2v) is 4.76. The molecule has 1 fully saturated rings. The third-order valence-corrected chi connectivity index (χ3v) is 2.88. The predicted octanol–water partition coefficient (Wildman–Crippen LogP) is 1.22. The van der Waals surface area contributed by atoms with E-state index in [1.807, 2.05) is 20.8 Å². The lowest BCUT2D eigenvalue weighted by atomic mass is 10.1. The van der Waals surface area contributed by atoms with Crippen molar-refractivity contribution < 1.29 is 14.3 Å². The van der Waals surface area contributed by atoms with Crippen LogP contribution >= 0.6 is 0 Å². The molecule has 1 N–H and O–H groups in total. The van der Waals surface area contributed by atoms with Crippen molar-refractivity contribution in [3.63, 3.8) is 0 Å². The maximum atomic E-state index is 12.4. The highest BCUT2D eigenvalue weighted by Gasteiger charge is 2.24. The molecule has 1 unspecified atom stereocenters. The van der Waals surface area contributed by atoms with Crippen LogP contribution in [0.4, 0.5) is 0 Å². The van der Waals surface area contributed by atoms with Crippen LogP contribution in [0.3, 0.4) is 0 Å². The number of nitrogens with one attached hydrogen (secondary N) is 1. The van der Waals surface area contributed by atoms with E-state index in [4.69, 9.17) is 4.74 Å². The van der Waals surface area contributed by atoms with Gasteiger partial charge < -0.3 is 15.0 Å². The summed E-state index contributed by atoms with van der Waals surface area (Å²) < 4.78 is 5.55. The Labute approximate surface area is 114 Å². The highest BCUT2D eigenvalue weighted by molar-refractivity contribution is 5.96. The molecular formula is C14H22N2O3. The van der Waals surface area contributed by atoms with Gasteiger partial charge in [-0.15, -0.1) is 0 Å². The number of carbonyl (C=O) groups excluding carboxylic acids is 2. The largest absolute Gasteiger partial charge is 0.375 e. The van der Waals surface area contributed by atoms with Crippen molar-refractivity contribution in [2.75, 3.05) is 19.7 Å². The molecule has 5 nitrogen and oxygen atoms in total. The zero-order chi connectivity index (χ0) is 14.3. The van der Waals surface area contributed by atoms with Crippen molar-refractivity contribution in [2.24, 2.45) is 0 Å². The fourth-order valence-corrected chi connectivity index (χ4v) is 1.93. The van der Waals surface area contributed by atoms with Gasteiger partial charge in [0.1, 0.15) is 0 Å². The molecule has 106 valence electrons. The lowest BCUT2D eigenvalue weighted by Gasteiger charge is -2.32. The van der Waals surface area contributed by atoms with Crippen molar-refractivity contribution in [1.82, 2.24) is 10.2 Å². The Morgan fingerprint density at radius 3 is 2.79 bits per heavy atom. The highest BCUT2D eigenvalue weighted by atomic mass is 16.5. The van der Waals surface area contributed by atoms with Crippen LogP contribution in [-0.4, -0.2) is 43.0 Å². The third kappa shape index (κ3) is 4.87. The zero-order valence-corrected chi connectivity index (χ0v) is 11.8. The minimum atomic E-state index is -0.0719. The van der Waals surface area contributed by atoms with E-state index >= 15 is 0 Å². The number of hydrogen-bond acceptors (Lipinski definition) is 3. The molecule has 1 saturated heterocycles. The van der Waals surface area contributed by atoms with E-state index in [9.17, 15) is 9.59 Å². The van der Waals surface area contributed by atoms with Crippen molar-refractivity contribution in [3.05, 3.63) is 23.4 Å². The molecule has 0 bridgehead atoms. The first-order valence-electron chi connectivity index (χ1n) is 6.54. The van der Waals surface area contributed by atoms with Crippen molar-refractivity contribution >= 4 is 12.3 Å². The Balaban J connectivity index is 2.81.